The lowest BCUT2D eigenvalue weighted by atomic mass is 11.1. The Kier molecular flexibility index (Phi) is 1.66. The minimum absolute atomic E-state index is 0.787. The number of aromatic nitrogens is 4. The number of nitro groups is 1. The molecule has 0 bridgehead atoms. The molecule has 0 atom stereocenters. The van der Waals surface area contributed by atoms with Gasteiger partial charge in [-0.2, -0.15) is 0 Å². The number of tetrazole rings is 1. The lowest BCUT2D eigenvalue weighted by Crippen LogP contribution is -2.19. The van der Waals surface area contributed by atoms with Crippen LogP contribution in [-0.2, 0) is 6.30 Å². The molecule has 66 valence electrons. The third kappa shape index (κ3) is 1.46. The highest BCUT2D eigenvalue weighted by Gasteiger charge is 2.39. The van der Waals surface area contributed by atoms with Crippen LogP contribution >= 0.6 is 0 Å². The molecular weight excluding hydrogens is 183 g/mol. The van der Waals surface area contributed by atoms with Gasteiger partial charge in [-0.05, 0) is 4.92 Å². The summed E-state index contributed by atoms with van der Waals surface area (Å²) in [5.41, 5.74) is 0. The largest absolute Gasteiger partial charge is 0.536 e. The molecule has 1 rings (SSSR count). The van der Waals surface area contributed by atoms with Crippen LogP contribution in [0.4, 0.5) is 19.1 Å². The van der Waals surface area contributed by atoms with E-state index >= 15 is 0 Å². The molecule has 0 N–H and O–H groups in total. The Balaban J connectivity index is 3.00. The topological polar surface area (TPSA) is 86.7 Å². The van der Waals surface area contributed by atoms with Gasteiger partial charge in [0.25, 0.3) is 0 Å². The molecule has 0 saturated heterocycles. The Morgan fingerprint density at radius 2 is 2.08 bits per heavy atom. The number of hydrogen-bond acceptors (Lipinski definition) is 5. The predicted octanol–water partition coefficient (Wildman–Crippen LogP) is 0.0576. The zero-order valence-electron chi connectivity index (χ0n) is 5.19. The SMILES string of the molecule is O=[N+]([O-])c1nnn(C(F)(F)F)n1. The van der Waals surface area contributed by atoms with Crippen LogP contribution in [0.2, 0.25) is 0 Å². The zero-order chi connectivity index (χ0) is 9.35. The minimum atomic E-state index is -4.87. The fourth-order valence-corrected chi connectivity index (χ4v) is 0.388. The fourth-order valence-electron chi connectivity index (χ4n) is 0.388. The second kappa shape index (κ2) is 2.39. The summed E-state index contributed by atoms with van der Waals surface area (Å²) < 4.78 is 34.9. The number of halogens is 3. The summed E-state index contributed by atoms with van der Waals surface area (Å²) in [4.78, 5) is 7.84. The van der Waals surface area contributed by atoms with Crippen molar-refractivity contribution in [2.75, 3.05) is 0 Å². The summed E-state index contributed by atoms with van der Waals surface area (Å²) in [5, 5.41) is 17.2. The molecule has 10 heteroatoms. The molecule has 12 heavy (non-hydrogen) atoms. The maximum Gasteiger partial charge on any atom is 0.536 e. The van der Waals surface area contributed by atoms with Gasteiger partial charge in [-0.1, -0.05) is 0 Å². The molecule has 7 nitrogen and oxygen atoms in total. The summed E-state index contributed by atoms with van der Waals surface area (Å²) in [6, 6.07) is 0. The summed E-state index contributed by atoms with van der Waals surface area (Å²) in [5.74, 6) is -1.19. The Hall–Kier alpha value is -1.74. The van der Waals surface area contributed by atoms with Gasteiger partial charge < -0.3 is 10.1 Å². The van der Waals surface area contributed by atoms with Crippen LogP contribution in [0.3, 0.4) is 0 Å². The minimum Gasteiger partial charge on any atom is -0.390 e. The van der Waals surface area contributed by atoms with Gasteiger partial charge in [-0.3, -0.25) is 0 Å². The van der Waals surface area contributed by atoms with E-state index in [0.29, 0.717) is 0 Å². The van der Waals surface area contributed by atoms with Crippen LogP contribution in [-0.4, -0.2) is 25.1 Å². The second-order valence-corrected chi connectivity index (χ2v) is 1.60. The van der Waals surface area contributed by atoms with Crippen molar-refractivity contribution in [1.82, 2.24) is 20.2 Å². The van der Waals surface area contributed by atoms with E-state index < -0.39 is 22.0 Å². The third-order valence-electron chi connectivity index (χ3n) is 0.793. The highest BCUT2D eigenvalue weighted by atomic mass is 19.4. The normalized spacial score (nSPS) is 11.6. The molecule has 0 aromatic carbocycles. The van der Waals surface area contributed by atoms with E-state index in [0.717, 1.165) is 0 Å². The molecule has 0 fully saturated rings. The molecule has 0 unspecified atom stereocenters. The van der Waals surface area contributed by atoms with E-state index in [1.165, 1.54) is 0 Å². The molecule has 0 spiro atoms. The molecule has 1 aromatic rings. The predicted molar refractivity (Wildman–Crippen MR) is 25.8 cm³/mol. The van der Waals surface area contributed by atoms with Crippen LogP contribution in [0.5, 0.6) is 0 Å². The van der Waals surface area contributed by atoms with Gasteiger partial charge in [0.15, 0.2) is 0 Å². The van der Waals surface area contributed by atoms with Crippen molar-refractivity contribution in [2.24, 2.45) is 0 Å². The lowest BCUT2D eigenvalue weighted by molar-refractivity contribution is -0.395. The fraction of sp³-hybridized carbons (Fsp3) is 0.500. The van der Waals surface area contributed by atoms with E-state index in [1.54, 1.807) is 0 Å². The van der Waals surface area contributed by atoms with E-state index in [-0.39, 0.29) is 0 Å². The van der Waals surface area contributed by atoms with Crippen molar-refractivity contribution in [1.29, 1.82) is 0 Å². The van der Waals surface area contributed by atoms with Crippen LogP contribution in [0.25, 0.3) is 0 Å². The maximum absolute atomic E-state index is 11.6. The first-order valence-electron chi connectivity index (χ1n) is 2.43. The van der Waals surface area contributed by atoms with Crippen molar-refractivity contribution in [3.05, 3.63) is 10.1 Å². The summed E-state index contributed by atoms with van der Waals surface area (Å²) in [6.45, 7) is 0. The van der Waals surface area contributed by atoms with Gasteiger partial charge >= 0.3 is 12.2 Å². The van der Waals surface area contributed by atoms with Crippen molar-refractivity contribution >= 4 is 5.95 Å². The molecule has 0 amide bonds. The Labute approximate surface area is 61.9 Å². The molecule has 1 aromatic heterocycles. The molecule has 0 aliphatic heterocycles. The zero-order valence-corrected chi connectivity index (χ0v) is 5.19. The van der Waals surface area contributed by atoms with Crippen LogP contribution in [0.15, 0.2) is 0 Å². The average molecular weight is 183 g/mol. The molecule has 0 saturated carbocycles. The van der Waals surface area contributed by atoms with E-state index in [4.69, 9.17) is 0 Å². The molecule has 0 aliphatic rings. The summed E-state index contributed by atoms with van der Waals surface area (Å²) in [7, 11) is 0. The molecule has 1 heterocycles. The van der Waals surface area contributed by atoms with Gasteiger partial charge in [0.2, 0.25) is 0 Å². The Morgan fingerprint density at radius 1 is 1.50 bits per heavy atom. The van der Waals surface area contributed by atoms with E-state index in [9.17, 15) is 23.3 Å². The summed E-state index contributed by atoms with van der Waals surface area (Å²) >= 11 is 0. The first-order chi connectivity index (χ1) is 5.41. The molecule has 0 aliphatic carbocycles. The van der Waals surface area contributed by atoms with Crippen molar-refractivity contribution in [3.8, 4) is 0 Å². The Bertz CT molecular complexity index is 304. The lowest BCUT2D eigenvalue weighted by Gasteiger charge is -1.95. The first kappa shape index (κ1) is 8.36. The second-order valence-electron chi connectivity index (χ2n) is 1.60. The number of alkyl halides is 3. The van der Waals surface area contributed by atoms with Crippen LogP contribution < -0.4 is 0 Å². The van der Waals surface area contributed by atoms with Crippen LogP contribution in [0.1, 0.15) is 0 Å². The quantitative estimate of drug-likeness (QED) is 0.453. The van der Waals surface area contributed by atoms with Gasteiger partial charge in [0.05, 0.1) is 15.4 Å². The smallest absolute Gasteiger partial charge is 0.390 e. The van der Waals surface area contributed by atoms with Gasteiger partial charge in [-0.15, -0.1) is 13.2 Å². The van der Waals surface area contributed by atoms with Crippen molar-refractivity contribution in [3.63, 3.8) is 0 Å². The summed E-state index contributed by atoms with van der Waals surface area (Å²) in [6.07, 6.45) is -4.87. The number of nitrogens with zero attached hydrogens (tertiary/aromatic N) is 5. The average Bonchev–Trinajstić information content (AvgIpc) is 2.30. The van der Waals surface area contributed by atoms with E-state index in [2.05, 4.69) is 15.4 Å². The molecular formula is C2F3N5O2. The monoisotopic (exact) mass is 183 g/mol. The van der Waals surface area contributed by atoms with Gasteiger partial charge in [0.1, 0.15) is 0 Å². The highest BCUT2D eigenvalue weighted by molar-refractivity contribution is 4.92. The first-order valence-corrected chi connectivity index (χ1v) is 2.43. The van der Waals surface area contributed by atoms with Crippen molar-refractivity contribution in [2.45, 2.75) is 6.30 Å². The van der Waals surface area contributed by atoms with E-state index in [1.807, 2.05) is 0 Å². The highest BCUT2D eigenvalue weighted by Crippen LogP contribution is 2.19. The number of hydrogen-bond donors (Lipinski definition) is 0. The van der Waals surface area contributed by atoms with Crippen LogP contribution in [0, 0.1) is 10.1 Å². The number of rotatable bonds is 1. The van der Waals surface area contributed by atoms with Gasteiger partial charge in [0, 0.05) is 4.80 Å². The van der Waals surface area contributed by atoms with Gasteiger partial charge in [-0.25, -0.2) is 0 Å². The Morgan fingerprint density at radius 3 is 2.33 bits per heavy atom. The van der Waals surface area contributed by atoms with Crippen molar-refractivity contribution < 1.29 is 18.1 Å². The standard InChI is InChI=1S/C2F3N5O2/c3-2(4,5)10-7-1(6-8-10)9(11)12. The molecule has 0 radical (unpaired) electrons. The third-order valence-corrected chi connectivity index (χ3v) is 0.793. The maximum atomic E-state index is 11.6.